The molecule has 0 saturated heterocycles. The highest BCUT2D eigenvalue weighted by atomic mass is 16.1. The zero-order chi connectivity index (χ0) is 17.3. The molecule has 0 saturated carbocycles. The van der Waals surface area contributed by atoms with E-state index in [1.165, 1.54) is 11.1 Å². The zero-order valence-corrected chi connectivity index (χ0v) is 14.8. The molecule has 0 aliphatic carbocycles. The number of nitrogens with one attached hydrogen (secondary N) is 1. The Morgan fingerprint density at radius 2 is 1.46 bits per heavy atom. The molecule has 0 spiro atoms. The van der Waals surface area contributed by atoms with Crippen molar-refractivity contribution < 1.29 is 0 Å². The Morgan fingerprint density at radius 3 is 2.00 bits per heavy atom. The van der Waals surface area contributed by atoms with Crippen LogP contribution in [0.1, 0.15) is 30.7 Å². The largest absolute Gasteiger partial charge is 0.294 e. The second kappa shape index (κ2) is 6.52. The zero-order valence-electron chi connectivity index (χ0n) is 14.8. The Morgan fingerprint density at radius 1 is 0.917 bits per heavy atom. The van der Waals surface area contributed by atoms with Crippen LogP contribution in [0.25, 0.3) is 16.8 Å². The van der Waals surface area contributed by atoms with E-state index in [4.69, 9.17) is 0 Å². The van der Waals surface area contributed by atoms with Crippen molar-refractivity contribution in [3.05, 3.63) is 75.7 Å². The lowest BCUT2D eigenvalue weighted by atomic mass is 9.99. The van der Waals surface area contributed by atoms with Crippen LogP contribution in [0.4, 0.5) is 0 Å². The summed E-state index contributed by atoms with van der Waals surface area (Å²) >= 11 is 0. The van der Waals surface area contributed by atoms with E-state index in [0.717, 1.165) is 28.9 Å². The molecule has 0 fully saturated rings. The first kappa shape index (κ1) is 16.3. The smallest absolute Gasteiger partial charge is 0.279 e. The Bertz CT molecular complexity index is 881. The lowest BCUT2D eigenvalue weighted by Gasteiger charge is -2.06. The Labute approximate surface area is 143 Å². The molecular weight excluding hydrogens is 296 g/mol. The highest BCUT2D eigenvalue weighted by molar-refractivity contribution is 5.66. The van der Waals surface area contributed by atoms with Gasteiger partial charge in [0.15, 0.2) is 0 Å². The maximum absolute atomic E-state index is 13.1. The van der Waals surface area contributed by atoms with Crippen LogP contribution < -0.4 is 5.56 Å². The molecule has 24 heavy (non-hydrogen) atoms. The fourth-order valence-electron chi connectivity index (χ4n) is 2.93. The van der Waals surface area contributed by atoms with Gasteiger partial charge >= 0.3 is 0 Å². The lowest BCUT2D eigenvalue weighted by Crippen LogP contribution is -2.15. The van der Waals surface area contributed by atoms with Crippen LogP contribution in [-0.4, -0.2) is 9.78 Å². The highest BCUT2D eigenvalue weighted by Gasteiger charge is 2.17. The average Bonchev–Trinajstić information content (AvgIpc) is 2.85. The third-order valence-electron chi connectivity index (χ3n) is 4.21. The number of aryl methyl sites for hydroxylation is 2. The molecule has 3 heteroatoms. The molecule has 0 radical (unpaired) electrons. The van der Waals surface area contributed by atoms with Gasteiger partial charge < -0.3 is 0 Å². The minimum Gasteiger partial charge on any atom is -0.294 e. The van der Waals surface area contributed by atoms with Crippen LogP contribution >= 0.6 is 0 Å². The van der Waals surface area contributed by atoms with E-state index in [0.29, 0.717) is 5.92 Å². The van der Waals surface area contributed by atoms with Crippen molar-refractivity contribution in [2.45, 2.75) is 34.1 Å². The van der Waals surface area contributed by atoms with Crippen LogP contribution in [0.5, 0.6) is 0 Å². The fraction of sp³-hybridized carbons (Fsp3) is 0.286. The standard InChI is InChI=1S/C21H24N2O/c1-14(2)13-19-20(17-9-5-15(3)6-10-17)21(24)23(22-19)18-11-7-16(4)8-12-18/h5-12,14,22H,13H2,1-4H3. The first-order chi connectivity index (χ1) is 11.5. The van der Waals surface area contributed by atoms with Crippen molar-refractivity contribution >= 4 is 0 Å². The van der Waals surface area contributed by atoms with Gasteiger partial charge in [-0.05, 0) is 43.9 Å². The first-order valence-corrected chi connectivity index (χ1v) is 8.43. The summed E-state index contributed by atoms with van der Waals surface area (Å²) in [6.45, 7) is 8.44. The van der Waals surface area contributed by atoms with Crippen LogP contribution in [0.2, 0.25) is 0 Å². The normalized spacial score (nSPS) is 11.2. The summed E-state index contributed by atoms with van der Waals surface area (Å²) in [6, 6.07) is 16.2. The molecule has 0 aliphatic heterocycles. The van der Waals surface area contributed by atoms with Gasteiger partial charge in [0, 0.05) is 5.69 Å². The molecule has 0 bridgehead atoms. The third kappa shape index (κ3) is 3.21. The summed E-state index contributed by atoms with van der Waals surface area (Å²) < 4.78 is 1.66. The minimum atomic E-state index is 0.0124. The lowest BCUT2D eigenvalue weighted by molar-refractivity contribution is 0.628. The van der Waals surface area contributed by atoms with E-state index in [-0.39, 0.29) is 5.56 Å². The number of rotatable bonds is 4. The van der Waals surface area contributed by atoms with E-state index in [1.54, 1.807) is 4.68 Å². The number of hydrogen-bond acceptors (Lipinski definition) is 1. The second-order valence-corrected chi connectivity index (χ2v) is 6.91. The molecule has 0 unspecified atom stereocenters. The van der Waals surface area contributed by atoms with Gasteiger partial charge in [-0.2, -0.15) is 0 Å². The third-order valence-corrected chi connectivity index (χ3v) is 4.21. The number of aromatic nitrogens is 2. The molecule has 2 aromatic carbocycles. The number of H-pyrrole nitrogens is 1. The maximum atomic E-state index is 13.1. The Balaban J connectivity index is 2.17. The number of nitrogens with zero attached hydrogens (tertiary/aromatic N) is 1. The number of hydrogen-bond donors (Lipinski definition) is 1. The van der Waals surface area contributed by atoms with Crippen molar-refractivity contribution in [2.75, 3.05) is 0 Å². The molecule has 3 aromatic rings. The Kier molecular flexibility index (Phi) is 4.43. The minimum absolute atomic E-state index is 0.0124. The summed E-state index contributed by atoms with van der Waals surface area (Å²) in [7, 11) is 0. The summed E-state index contributed by atoms with van der Waals surface area (Å²) in [5.74, 6) is 0.471. The SMILES string of the molecule is Cc1ccc(-c2c(CC(C)C)[nH]n(-c3ccc(C)cc3)c2=O)cc1. The molecule has 3 rings (SSSR count). The van der Waals surface area contributed by atoms with Gasteiger partial charge in [-0.15, -0.1) is 0 Å². The van der Waals surface area contributed by atoms with Crippen molar-refractivity contribution in [2.24, 2.45) is 5.92 Å². The van der Waals surface area contributed by atoms with Crippen molar-refractivity contribution in [3.63, 3.8) is 0 Å². The summed E-state index contributed by atoms with van der Waals surface area (Å²) in [5.41, 5.74) is 6.01. The molecule has 1 aromatic heterocycles. The van der Waals surface area contributed by atoms with Crippen LogP contribution in [0.3, 0.4) is 0 Å². The summed E-state index contributed by atoms with van der Waals surface area (Å²) in [6.07, 6.45) is 0.845. The first-order valence-electron chi connectivity index (χ1n) is 8.43. The van der Waals surface area contributed by atoms with E-state index >= 15 is 0 Å². The van der Waals surface area contributed by atoms with Crippen LogP contribution in [0.15, 0.2) is 53.3 Å². The predicted octanol–water partition coefficient (Wildman–Crippen LogP) is 4.65. The monoisotopic (exact) mass is 320 g/mol. The molecule has 0 amide bonds. The van der Waals surface area contributed by atoms with Gasteiger partial charge in [0.1, 0.15) is 0 Å². The van der Waals surface area contributed by atoms with E-state index in [1.807, 2.05) is 43.3 Å². The van der Waals surface area contributed by atoms with Crippen LogP contribution in [-0.2, 0) is 6.42 Å². The predicted molar refractivity (Wildman–Crippen MR) is 99.8 cm³/mol. The van der Waals surface area contributed by atoms with Gasteiger partial charge in [0.05, 0.1) is 11.3 Å². The van der Waals surface area contributed by atoms with Gasteiger partial charge in [0.2, 0.25) is 0 Å². The topological polar surface area (TPSA) is 37.8 Å². The molecule has 3 nitrogen and oxygen atoms in total. The van der Waals surface area contributed by atoms with E-state index in [9.17, 15) is 4.79 Å². The quantitative estimate of drug-likeness (QED) is 0.746. The van der Waals surface area contributed by atoms with Gasteiger partial charge in [-0.3, -0.25) is 9.89 Å². The highest BCUT2D eigenvalue weighted by Crippen LogP contribution is 2.23. The molecule has 0 aliphatic rings. The molecular formula is C21H24N2O. The summed E-state index contributed by atoms with van der Waals surface area (Å²) in [5, 5.41) is 3.33. The van der Waals surface area contributed by atoms with E-state index < -0.39 is 0 Å². The average molecular weight is 320 g/mol. The maximum Gasteiger partial charge on any atom is 0.279 e. The van der Waals surface area contributed by atoms with Crippen molar-refractivity contribution in [3.8, 4) is 16.8 Å². The number of aromatic amines is 1. The van der Waals surface area contributed by atoms with Gasteiger partial charge in [-0.1, -0.05) is 61.4 Å². The van der Waals surface area contributed by atoms with Crippen molar-refractivity contribution in [1.29, 1.82) is 0 Å². The number of benzene rings is 2. The molecule has 0 atom stereocenters. The van der Waals surface area contributed by atoms with Gasteiger partial charge in [-0.25, -0.2) is 4.68 Å². The van der Waals surface area contributed by atoms with Crippen molar-refractivity contribution in [1.82, 2.24) is 9.78 Å². The molecule has 1 N–H and O–H groups in total. The van der Waals surface area contributed by atoms with E-state index in [2.05, 4.69) is 38.0 Å². The second-order valence-electron chi connectivity index (χ2n) is 6.91. The molecule has 1 heterocycles. The summed E-state index contributed by atoms with van der Waals surface area (Å²) in [4.78, 5) is 13.1. The molecule has 124 valence electrons. The fourth-order valence-corrected chi connectivity index (χ4v) is 2.93. The van der Waals surface area contributed by atoms with Crippen LogP contribution in [0, 0.1) is 19.8 Å². The Hall–Kier alpha value is -2.55. The van der Waals surface area contributed by atoms with Gasteiger partial charge in [0.25, 0.3) is 5.56 Å².